The smallest absolute Gasteiger partial charge is 0.235 e. The van der Waals surface area contributed by atoms with E-state index in [1.54, 1.807) is 0 Å². The SMILES string of the molecule is NC(=O)C(Cc1ccccc1)N1CCCNCC1. The van der Waals surface area contributed by atoms with Crippen molar-refractivity contribution in [3.05, 3.63) is 35.9 Å². The summed E-state index contributed by atoms with van der Waals surface area (Å²) >= 11 is 0. The van der Waals surface area contributed by atoms with E-state index in [1.165, 1.54) is 5.56 Å². The molecule has 1 unspecified atom stereocenters. The summed E-state index contributed by atoms with van der Waals surface area (Å²) in [6.07, 6.45) is 1.77. The van der Waals surface area contributed by atoms with Crippen LogP contribution in [0, 0.1) is 0 Å². The average molecular weight is 247 g/mol. The van der Waals surface area contributed by atoms with E-state index in [9.17, 15) is 4.79 Å². The lowest BCUT2D eigenvalue weighted by atomic mass is 10.0. The number of nitrogens with one attached hydrogen (secondary N) is 1. The molecule has 98 valence electrons. The molecule has 1 amide bonds. The van der Waals surface area contributed by atoms with Gasteiger partial charge in [0, 0.05) is 19.6 Å². The van der Waals surface area contributed by atoms with Gasteiger partial charge < -0.3 is 11.1 Å². The van der Waals surface area contributed by atoms with E-state index in [2.05, 4.69) is 10.2 Å². The fraction of sp³-hybridized carbons (Fsp3) is 0.500. The van der Waals surface area contributed by atoms with Crippen LogP contribution in [0.1, 0.15) is 12.0 Å². The number of primary amides is 1. The third-order valence-electron chi connectivity index (χ3n) is 3.42. The summed E-state index contributed by atoms with van der Waals surface area (Å²) in [6.45, 7) is 3.78. The topological polar surface area (TPSA) is 58.4 Å². The van der Waals surface area contributed by atoms with Gasteiger partial charge in [-0.25, -0.2) is 0 Å². The molecule has 1 fully saturated rings. The van der Waals surface area contributed by atoms with Crippen LogP contribution in [0.5, 0.6) is 0 Å². The maximum absolute atomic E-state index is 11.7. The summed E-state index contributed by atoms with van der Waals surface area (Å²) in [5, 5.41) is 3.34. The van der Waals surface area contributed by atoms with Crippen molar-refractivity contribution in [3.8, 4) is 0 Å². The highest BCUT2D eigenvalue weighted by Gasteiger charge is 2.24. The third kappa shape index (κ3) is 3.55. The lowest BCUT2D eigenvalue weighted by Crippen LogP contribution is -2.47. The first kappa shape index (κ1) is 13.1. The van der Waals surface area contributed by atoms with Gasteiger partial charge in [-0.1, -0.05) is 30.3 Å². The Morgan fingerprint density at radius 1 is 1.28 bits per heavy atom. The first-order chi connectivity index (χ1) is 8.77. The number of carbonyl (C=O) groups is 1. The number of hydrogen-bond donors (Lipinski definition) is 2. The number of amides is 1. The van der Waals surface area contributed by atoms with E-state index in [4.69, 9.17) is 5.73 Å². The quantitative estimate of drug-likeness (QED) is 0.808. The van der Waals surface area contributed by atoms with Crippen molar-refractivity contribution in [1.82, 2.24) is 10.2 Å². The van der Waals surface area contributed by atoms with E-state index < -0.39 is 0 Å². The molecule has 1 heterocycles. The molecule has 0 saturated carbocycles. The van der Waals surface area contributed by atoms with Gasteiger partial charge in [-0.15, -0.1) is 0 Å². The molecule has 0 radical (unpaired) electrons. The van der Waals surface area contributed by atoms with Crippen molar-refractivity contribution >= 4 is 5.91 Å². The fourth-order valence-electron chi connectivity index (χ4n) is 2.43. The number of benzene rings is 1. The normalized spacial score (nSPS) is 19.1. The van der Waals surface area contributed by atoms with Gasteiger partial charge in [0.1, 0.15) is 0 Å². The summed E-state index contributed by atoms with van der Waals surface area (Å²) in [7, 11) is 0. The Balaban J connectivity index is 2.05. The van der Waals surface area contributed by atoms with Crippen molar-refractivity contribution in [3.63, 3.8) is 0 Å². The Morgan fingerprint density at radius 2 is 2.06 bits per heavy atom. The molecule has 2 rings (SSSR count). The monoisotopic (exact) mass is 247 g/mol. The minimum Gasteiger partial charge on any atom is -0.368 e. The van der Waals surface area contributed by atoms with Crippen LogP contribution in [0.4, 0.5) is 0 Å². The van der Waals surface area contributed by atoms with Crippen molar-refractivity contribution in [1.29, 1.82) is 0 Å². The van der Waals surface area contributed by atoms with Gasteiger partial charge in [0.25, 0.3) is 0 Å². The van der Waals surface area contributed by atoms with Gasteiger partial charge in [-0.2, -0.15) is 0 Å². The van der Waals surface area contributed by atoms with E-state index in [1.807, 2.05) is 30.3 Å². The fourth-order valence-corrected chi connectivity index (χ4v) is 2.43. The Bertz CT molecular complexity index is 372. The van der Waals surface area contributed by atoms with Gasteiger partial charge in [0.05, 0.1) is 6.04 Å². The first-order valence-electron chi connectivity index (χ1n) is 6.55. The standard InChI is InChI=1S/C14H21N3O/c15-14(18)13(11-12-5-2-1-3-6-12)17-9-4-7-16-8-10-17/h1-3,5-6,13,16H,4,7-11H2,(H2,15,18). The predicted molar refractivity (Wildman–Crippen MR) is 72.2 cm³/mol. The Morgan fingerprint density at radius 3 is 2.78 bits per heavy atom. The molecule has 0 aromatic heterocycles. The lowest BCUT2D eigenvalue weighted by Gasteiger charge is -2.28. The second-order valence-electron chi connectivity index (χ2n) is 4.75. The summed E-state index contributed by atoms with van der Waals surface area (Å²) in [5.41, 5.74) is 6.73. The van der Waals surface area contributed by atoms with Gasteiger partial charge in [-0.3, -0.25) is 9.69 Å². The Hall–Kier alpha value is -1.39. The molecule has 1 atom stereocenters. The highest BCUT2D eigenvalue weighted by atomic mass is 16.1. The minimum atomic E-state index is -0.222. The number of nitrogens with zero attached hydrogens (tertiary/aromatic N) is 1. The van der Waals surface area contributed by atoms with E-state index >= 15 is 0 Å². The number of hydrogen-bond acceptors (Lipinski definition) is 3. The zero-order valence-electron chi connectivity index (χ0n) is 10.6. The highest BCUT2D eigenvalue weighted by Crippen LogP contribution is 2.10. The second-order valence-corrected chi connectivity index (χ2v) is 4.75. The molecule has 0 bridgehead atoms. The Labute approximate surface area is 108 Å². The molecule has 18 heavy (non-hydrogen) atoms. The van der Waals surface area contributed by atoms with E-state index in [0.29, 0.717) is 6.42 Å². The minimum absolute atomic E-state index is 0.188. The molecule has 1 aliphatic rings. The lowest BCUT2D eigenvalue weighted by molar-refractivity contribution is -0.123. The van der Waals surface area contributed by atoms with Crippen molar-refractivity contribution in [2.45, 2.75) is 18.9 Å². The predicted octanol–water partition coefficient (Wildman–Crippen LogP) is 0.378. The molecule has 1 aliphatic heterocycles. The Kier molecular flexibility index (Phi) is 4.73. The maximum Gasteiger partial charge on any atom is 0.235 e. The average Bonchev–Trinajstić information content (AvgIpc) is 2.65. The molecular formula is C14H21N3O. The zero-order valence-corrected chi connectivity index (χ0v) is 10.6. The molecule has 3 N–H and O–H groups in total. The van der Waals surface area contributed by atoms with Crippen LogP contribution in [-0.2, 0) is 11.2 Å². The third-order valence-corrected chi connectivity index (χ3v) is 3.42. The molecule has 0 aliphatic carbocycles. The summed E-state index contributed by atoms with van der Waals surface area (Å²) < 4.78 is 0. The molecule has 1 aromatic carbocycles. The van der Waals surface area contributed by atoms with Gasteiger partial charge >= 0.3 is 0 Å². The second kappa shape index (κ2) is 6.52. The largest absolute Gasteiger partial charge is 0.368 e. The molecule has 0 spiro atoms. The maximum atomic E-state index is 11.7. The number of carbonyl (C=O) groups excluding carboxylic acids is 1. The molecular weight excluding hydrogens is 226 g/mol. The van der Waals surface area contributed by atoms with Gasteiger partial charge in [0.15, 0.2) is 0 Å². The van der Waals surface area contributed by atoms with Crippen LogP contribution in [0.2, 0.25) is 0 Å². The number of rotatable bonds is 4. The van der Waals surface area contributed by atoms with Crippen molar-refractivity contribution < 1.29 is 4.79 Å². The van der Waals surface area contributed by atoms with Crippen LogP contribution in [0.15, 0.2) is 30.3 Å². The van der Waals surface area contributed by atoms with Crippen LogP contribution in [0.25, 0.3) is 0 Å². The van der Waals surface area contributed by atoms with Crippen LogP contribution in [-0.4, -0.2) is 43.0 Å². The van der Waals surface area contributed by atoms with E-state index in [0.717, 1.165) is 32.6 Å². The molecule has 4 heteroatoms. The zero-order chi connectivity index (χ0) is 12.8. The van der Waals surface area contributed by atoms with Crippen molar-refractivity contribution in [2.75, 3.05) is 26.2 Å². The number of nitrogens with two attached hydrogens (primary N) is 1. The summed E-state index contributed by atoms with van der Waals surface area (Å²) in [5.74, 6) is -0.222. The van der Waals surface area contributed by atoms with Crippen LogP contribution >= 0.6 is 0 Å². The summed E-state index contributed by atoms with van der Waals surface area (Å²) in [4.78, 5) is 13.9. The highest BCUT2D eigenvalue weighted by molar-refractivity contribution is 5.80. The first-order valence-corrected chi connectivity index (χ1v) is 6.55. The molecule has 4 nitrogen and oxygen atoms in total. The van der Waals surface area contributed by atoms with Crippen LogP contribution < -0.4 is 11.1 Å². The van der Waals surface area contributed by atoms with Crippen LogP contribution in [0.3, 0.4) is 0 Å². The molecule has 1 saturated heterocycles. The van der Waals surface area contributed by atoms with Crippen molar-refractivity contribution in [2.24, 2.45) is 5.73 Å². The molecule has 1 aromatic rings. The van der Waals surface area contributed by atoms with Gasteiger partial charge in [-0.05, 0) is 24.9 Å². The van der Waals surface area contributed by atoms with Gasteiger partial charge in [0.2, 0.25) is 5.91 Å². The summed E-state index contributed by atoms with van der Waals surface area (Å²) in [6, 6.07) is 9.89. The van der Waals surface area contributed by atoms with E-state index in [-0.39, 0.29) is 11.9 Å².